The van der Waals surface area contributed by atoms with Gasteiger partial charge in [-0.1, -0.05) is 12.8 Å². The third kappa shape index (κ3) is 1.06. The molecule has 16 heavy (non-hydrogen) atoms. The molecule has 0 amide bonds. The van der Waals surface area contributed by atoms with Crippen molar-refractivity contribution in [3.05, 3.63) is 0 Å². The largest absolute Gasteiger partial charge is 0.465 e. The van der Waals surface area contributed by atoms with E-state index in [4.69, 9.17) is 4.74 Å². The maximum atomic E-state index is 11.9. The molecular formula is C14H20O2. The van der Waals surface area contributed by atoms with Crippen molar-refractivity contribution in [2.75, 3.05) is 6.61 Å². The Hall–Kier alpha value is -0.530. The lowest BCUT2D eigenvalue weighted by Gasteiger charge is -2.44. The van der Waals surface area contributed by atoms with Crippen molar-refractivity contribution in [3.63, 3.8) is 0 Å². The highest BCUT2D eigenvalue weighted by molar-refractivity contribution is 5.74. The van der Waals surface area contributed by atoms with Gasteiger partial charge in [-0.3, -0.25) is 4.79 Å². The molecule has 0 aromatic rings. The van der Waals surface area contributed by atoms with Crippen LogP contribution in [0.2, 0.25) is 0 Å². The zero-order chi connectivity index (χ0) is 10.7. The summed E-state index contributed by atoms with van der Waals surface area (Å²) in [6, 6.07) is 0. The van der Waals surface area contributed by atoms with Crippen LogP contribution < -0.4 is 0 Å². The molecule has 0 radical (unpaired) electrons. The Morgan fingerprint density at radius 3 is 2.44 bits per heavy atom. The fourth-order valence-corrected chi connectivity index (χ4v) is 5.54. The van der Waals surface area contributed by atoms with Gasteiger partial charge >= 0.3 is 5.97 Å². The monoisotopic (exact) mass is 220 g/mol. The van der Waals surface area contributed by atoms with Gasteiger partial charge in [0.2, 0.25) is 0 Å². The summed E-state index contributed by atoms with van der Waals surface area (Å²) >= 11 is 0. The Balaban J connectivity index is 1.67. The van der Waals surface area contributed by atoms with Gasteiger partial charge in [-0.15, -0.1) is 0 Å². The fourth-order valence-electron chi connectivity index (χ4n) is 5.54. The van der Waals surface area contributed by atoms with Crippen LogP contribution in [0.25, 0.3) is 0 Å². The van der Waals surface area contributed by atoms with E-state index < -0.39 is 0 Å². The molecule has 1 aliphatic heterocycles. The summed E-state index contributed by atoms with van der Waals surface area (Å²) < 4.78 is 5.29. The maximum Gasteiger partial charge on any atom is 0.309 e. The average molecular weight is 220 g/mol. The highest BCUT2D eigenvalue weighted by Gasteiger charge is 2.61. The molecule has 4 fully saturated rings. The number of fused-ring (bicyclic) bond motifs is 8. The SMILES string of the molecule is O=C1OCCC2C3CC(C4CCCCC34)C12. The summed E-state index contributed by atoms with van der Waals surface area (Å²) in [7, 11) is 0. The van der Waals surface area contributed by atoms with Gasteiger partial charge < -0.3 is 4.74 Å². The Morgan fingerprint density at radius 2 is 1.62 bits per heavy atom. The summed E-state index contributed by atoms with van der Waals surface area (Å²) in [5.74, 6) is 4.59. The lowest BCUT2D eigenvalue weighted by Crippen LogP contribution is -2.44. The molecule has 2 bridgehead atoms. The van der Waals surface area contributed by atoms with Gasteiger partial charge in [0.05, 0.1) is 12.5 Å². The lowest BCUT2D eigenvalue weighted by molar-refractivity contribution is -0.162. The Morgan fingerprint density at radius 1 is 0.875 bits per heavy atom. The van der Waals surface area contributed by atoms with Crippen LogP contribution in [0, 0.1) is 35.5 Å². The summed E-state index contributed by atoms with van der Waals surface area (Å²) in [5, 5.41) is 0. The maximum absolute atomic E-state index is 11.9. The molecule has 0 spiro atoms. The molecule has 1 saturated heterocycles. The number of cyclic esters (lactones) is 1. The van der Waals surface area contributed by atoms with E-state index >= 15 is 0 Å². The van der Waals surface area contributed by atoms with Gasteiger partial charge in [0, 0.05) is 0 Å². The number of esters is 1. The van der Waals surface area contributed by atoms with E-state index in [0.717, 1.165) is 24.2 Å². The molecule has 4 rings (SSSR count). The van der Waals surface area contributed by atoms with Crippen LogP contribution in [0.15, 0.2) is 0 Å². The van der Waals surface area contributed by atoms with Gasteiger partial charge in [0.15, 0.2) is 0 Å². The van der Waals surface area contributed by atoms with E-state index in [2.05, 4.69) is 0 Å². The number of ether oxygens (including phenoxy) is 1. The summed E-state index contributed by atoms with van der Waals surface area (Å²) in [6.07, 6.45) is 8.18. The number of rotatable bonds is 0. The normalized spacial score (nSPS) is 54.4. The van der Waals surface area contributed by atoms with E-state index in [0.29, 0.717) is 24.4 Å². The van der Waals surface area contributed by atoms with E-state index in [1.165, 1.54) is 32.1 Å². The van der Waals surface area contributed by atoms with E-state index in [9.17, 15) is 4.79 Å². The first-order valence-corrected chi connectivity index (χ1v) is 7.03. The first-order valence-electron chi connectivity index (χ1n) is 7.03. The minimum atomic E-state index is 0.146. The molecule has 1 heterocycles. The van der Waals surface area contributed by atoms with E-state index in [1.54, 1.807) is 0 Å². The van der Waals surface area contributed by atoms with Gasteiger partial charge in [-0.2, -0.15) is 0 Å². The molecule has 0 aromatic heterocycles. The molecule has 2 nitrogen and oxygen atoms in total. The predicted octanol–water partition coefficient (Wildman–Crippen LogP) is 2.62. The number of carbonyl (C=O) groups excluding carboxylic acids is 1. The van der Waals surface area contributed by atoms with Crippen molar-refractivity contribution in [3.8, 4) is 0 Å². The minimum Gasteiger partial charge on any atom is -0.465 e. The van der Waals surface area contributed by atoms with Crippen molar-refractivity contribution in [1.82, 2.24) is 0 Å². The molecule has 2 heteroatoms. The Kier molecular flexibility index (Phi) is 1.92. The van der Waals surface area contributed by atoms with Crippen LogP contribution in [0.4, 0.5) is 0 Å². The van der Waals surface area contributed by atoms with Crippen molar-refractivity contribution in [1.29, 1.82) is 0 Å². The van der Waals surface area contributed by atoms with Crippen LogP contribution >= 0.6 is 0 Å². The molecule has 0 aromatic carbocycles. The second kappa shape index (κ2) is 3.24. The van der Waals surface area contributed by atoms with Gasteiger partial charge in [0.1, 0.15) is 0 Å². The number of hydrogen-bond donors (Lipinski definition) is 0. The first-order chi connectivity index (χ1) is 7.86. The molecule has 3 saturated carbocycles. The molecule has 0 N–H and O–H groups in total. The molecule has 3 aliphatic carbocycles. The lowest BCUT2D eigenvalue weighted by atomic mass is 9.62. The standard InChI is InChI=1S/C14H20O2/c15-14-13-10(5-6-16-14)11-7-12(13)9-4-2-1-3-8(9)11/h8-13H,1-7H2. The third-order valence-electron chi connectivity index (χ3n) is 5.96. The van der Waals surface area contributed by atoms with Crippen molar-refractivity contribution in [2.24, 2.45) is 35.5 Å². The van der Waals surface area contributed by atoms with Crippen molar-refractivity contribution >= 4 is 5.97 Å². The fraction of sp³-hybridized carbons (Fsp3) is 0.929. The summed E-state index contributed by atoms with van der Waals surface area (Å²) in [5.41, 5.74) is 0. The Bertz CT molecular complexity index is 325. The van der Waals surface area contributed by atoms with Crippen LogP contribution in [-0.4, -0.2) is 12.6 Å². The highest BCUT2D eigenvalue weighted by Crippen LogP contribution is 2.63. The zero-order valence-electron chi connectivity index (χ0n) is 9.73. The highest BCUT2D eigenvalue weighted by atomic mass is 16.5. The predicted molar refractivity (Wildman–Crippen MR) is 59.6 cm³/mol. The van der Waals surface area contributed by atoms with Crippen LogP contribution in [0.5, 0.6) is 0 Å². The zero-order valence-corrected chi connectivity index (χ0v) is 9.73. The summed E-state index contributed by atoms with van der Waals surface area (Å²) in [6.45, 7) is 0.695. The van der Waals surface area contributed by atoms with Gasteiger partial charge in [-0.05, 0) is 55.3 Å². The van der Waals surface area contributed by atoms with E-state index in [1.807, 2.05) is 0 Å². The second-order valence-corrected chi connectivity index (χ2v) is 6.32. The second-order valence-electron chi connectivity index (χ2n) is 6.32. The van der Waals surface area contributed by atoms with Gasteiger partial charge in [-0.25, -0.2) is 0 Å². The molecular weight excluding hydrogens is 200 g/mol. The first kappa shape index (κ1) is 9.49. The van der Waals surface area contributed by atoms with Crippen LogP contribution in [0.3, 0.4) is 0 Å². The van der Waals surface area contributed by atoms with Crippen LogP contribution in [0.1, 0.15) is 38.5 Å². The van der Waals surface area contributed by atoms with Gasteiger partial charge in [0.25, 0.3) is 0 Å². The van der Waals surface area contributed by atoms with E-state index in [-0.39, 0.29) is 5.97 Å². The minimum absolute atomic E-state index is 0.146. The topological polar surface area (TPSA) is 26.3 Å². The third-order valence-corrected chi connectivity index (χ3v) is 5.96. The molecule has 88 valence electrons. The average Bonchev–Trinajstić information content (AvgIpc) is 2.86. The number of hydrogen-bond acceptors (Lipinski definition) is 2. The summed E-state index contributed by atoms with van der Waals surface area (Å²) in [4.78, 5) is 11.9. The molecule has 4 aliphatic rings. The van der Waals surface area contributed by atoms with Crippen molar-refractivity contribution in [2.45, 2.75) is 38.5 Å². The van der Waals surface area contributed by atoms with Crippen molar-refractivity contribution < 1.29 is 9.53 Å². The number of carbonyl (C=O) groups is 1. The molecule has 6 atom stereocenters. The Labute approximate surface area is 96.7 Å². The van der Waals surface area contributed by atoms with Crippen LogP contribution in [-0.2, 0) is 9.53 Å². The quantitative estimate of drug-likeness (QED) is 0.587. The smallest absolute Gasteiger partial charge is 0.309 e. The molecule has 6 unspecified atom stereocenters.